The zero-order valence-corrected chi connectivity index (χ0v) is 15.2. The molecule has 1 heterocycles. The molecule has 27 heavy (non-hydrogen) atoms. The molecular formula is C21H20N4O2. The van der Waals surface area contributed by atoms with Crippen molar-refractivity contribution < 1.29 is 9.59 Å². The highest BCUT2D eigenvalue weighted by atomic mass is 16.1. The Morgan fingerprint density at radius 1 is 0.926 bits per heavy atom. The lowest BCUT2D eigenvalue weighted by molar-refractivity contribution is 0.0949. The van der Waals surface area contributed by atoms with Gasteiger partial charge in [0.05, 0.1) is 5.56 Å². The summed E-state index contributed by atoms with van der Waals surface area (Å²) >= 11 is 0. The largest absolute Gasteiger partial charge is 0.348 e. The maximum Gasteiger partial charge on any atom is 0.254 e. The maximum atomic E-state index is 12.3. The van der Waals surface area contributed by atoms with Gasteiger partial charge in [-0.15, -0.1) is 0 Å². The quantitative estimate of drug-likeness (QED) is 0.656. The number of Topliss-reactive ketones (excluding diaryl/α,β-unsaturated/α-hetero) is 1. The van der Waals surface area contributed by atoms with Crippen molar-refractivity contribution in [3.05, 3.63) is 83.2 Å². The van der Waals surface area contributed by atoms with E-state index in [0.717, 1.165) is 16.8 Å². The number of aromatic nitrogens is 2. The van der Waals surface area contributed by atoms with Crippen molar-refractivity contribution in [3.8, 4) is 0 Å². The van der Waals surface area contributed by atoms with E-state index in [1.54, 1.807) is 24.3 Å². The molecule has 3 aromatic rings. The molecule has 0 saturated heterocycles. The summed E-state index contributed by atoms with van der Waals surface area (Å²) in [4.78, 5) is 31.9. The number of carbonyl (C=O) groups excluding carboxylic acids is 2. The van der Waals surface area contributed by atoms with Gasteiger partial charge in [-0.25, -0.2) is 9.97 Å². The van der Waals surface area contributed by atoms with Crippen LogP contribution in [0.25, 0.3) is 0 Å². The van der Waals surface area contributed by atoms with Crippen LogP contribution in [0.4, 0.5) is 11.6 Å². The number of carbonyl (C=O) groups is 2. The van der Waals surface area contributed by atoms with Crippen molar-refractivity contribution in [3.63, 3.8) is 0 Å². The normalized spacial score (nSPS) is 10.3. The van der Waals surface area contributed by atoms with Gasteiger partial charge in [-0.1, -0.05) is 24.3 Å². The Morgan fingerprint density at radius 3 is 2.22 bits per heavy atom. The summed E-state index contributed by atoms with van der Waals surface area (Å²) in [5, 5.41) is 5.91. The third kappa shape index (κ3) is 4.76. The molecule has 0 aliphatic heterocycles. The van der Waals surface area contributed by atoms with Gasteiger partial charge >= 0.3 is 0 Å². The van der Waals surface area contributed by atoms with Crippen molar-refractivity contribution in [2.45, 2.75) is 20.4 Å². The second-order valence-corrected chi connectivity index (χ2v) is 6.16. The summed E-state index contributed by atoms with van der Waals surface area (Å²) in [7, 11) is 0. The van der Waals surface area contributed by atoms with Crippen LogP contribution < -0.4 is 10.6 Å². The molecule has 1 aromatic heterocycles. The van der Waals surface area contributed by atoms with Gasteiger partial charge in [-0.3, -0.25) is 9.59 Å². The first-order valence-electron chi connectivity index (χ1n) is 8.56. The number of aryl methyl sites for hydroxylation is 1. The molecule has 0 atom stereocenters. The Kier molecular flexibility index (Phi) is 5.56. The van der Waals surface area contributed by atoms with E-state index in [2.05, 4.69) is 20.6 Å². The lowest BCUT2D eigenvalue weighted by atomic mass is 10.1. The molecule has 0 spiro atoms. The molecule has 0 unspecified atom stereocenters. The van der Waals surface area contributed by atoms with E-state index in [-0.39, 0.29) is 11.7 Å². The Hall–Kier alpha value is -3.54. The topological polar surface area (TPSA) is 84.0 Å². The minimum absolute atomic E-state index is 0.0128. The van der Waals surface area contributed by atoms with Crippen LogP contribution in [0.5, 0.6) is 0 Å². The second kappa shape index (κ2) is 8.23. The molecule has 0 fully saturated rings. The second-order valence-electron chi connectivity index (χ2n) is 6.16. The number of hydrogen-bond acceptors (Lipinski definition) is 5. The fourth-order valence-electron chi connectivity index (χ4n) is 2.51. The smallest absolute Gasteiger partial charge is 0.254 e. The SMILES string of the molecule is CC(=O)c1ccc(Nc2ncc(C(=O)NCc3ccccc3C)cn2)cc1. The highest BCUT2D eigenvalue weighted by Crippen LogP contribution is 2.14. The monoisotopic (exact) mass is 360 g/mol. The van der Waals surface area contributed by atoms with Crippen LogP contribution in [0.3, 0.4) is 0 Å². The van der Waals surface area contributed by atoms with E-state index in [1.807, 2.05) is 31.2 Å². The van der Waals surface area contributed by atoms with Crippen molar-refractivity contribution in [2.75, 3.05) is 5.32 Å². The molecule has 2 N–H and O–H groups in total. The zero-order chi connectivity index (χ0) is 19.2. The average Bonchev–Trinajstić information content (AvgIpc) is 2.68. The predicted molar refractivity (Wildman–Crippen MR) is 104 cm³/mol. The lowest BCUT2D eigenvalue weighted by Crippen LogP contribution is -2.23. The summed E-state index contributed by atoms with van der Waals surface area (Å²) in [6.07, 6.45) is 2.96. The Labute approximate surface area is 157 Å². The molecule has 6 heteroatoms. The van der Waals surface area contributed by atoms with Crippen LogP contribution in [-0.4, -0.2) is 21.7 Å². The predicted octanol–water partition coefficient (Wildman–Crippen LogP) is 3.66. The number of hydrogen-bond donors (Lipinski definition) is 2. The van der Waals surface area contributed by atoms with Gasteiger partial charge < -0.3 is 10.6 Å². The molecule has 0 aliphatic carbocycles. The zero-order valence-electron chi connectivity index (χ0n) is 15.2. The van der Waals surface area contributed by atoms with E-state index in [4.69, 9.17) is 0 Å². The molecule has 0 saturated carbocycles. The van der Waals surface area contributed by atoms with Gasteiger partial charge in [0.1, 0.15) is 0 Å². The summed E-state index contributed by atoms with van der Waals surface area (Å²) in [5.74, 6) is 0.163. The number of ketones is 1. The van der Waals surface area contributed by atoms with Crippen LogP contribution in [0.1, 0.15) is 38.8 Å². The fourth-order valence-corrected chi connectivity index (χ4v) is 2.51. The molecular weight excluding hydrogens is 340 g/mol. The molecule has 0 radical (unpaired) electrons. The maximum absolute atomic E-state index is 12.3. The molecule has 136 valence electrons. The molecule has 1 amide bonds. The highest BCUT2D eigenvalue weighted by Gasteiger charge is 2.08. The standard InChI is InChI=1S/C21H20N4O2/c1-14-5-3-4-6-17(14)11-22-20(27)18-12-23-21(24-13-18)25-19-9-7-16(8-10-19)15(2)26/h3-10,12-13H,11H2,1-2H3,(H,22,27)(H,23,24,25). The third-order valence-electron chi connectivity index (χ3n) is 4.16. The molecule has 6 nitrogen and oxygen atoms in total. The van der Waals surface area contributed by atoms with E-state index in [1.165, 1.54) is 19.3 Å². The molecule has 0 bridgehead atoms. The van der Waals surface area contributed by atoms with Gasteiger partial charge in [0.15, 0.2) is 5.78 Å². The van der Waals surface area contributed by atoms with Crippen LogP contribution in [-0.2, 0) is 6.54 Å². The number of nitrogens with one attached hydrogen (secondary N) is 2. The van der Waals surface area contributed by atoms with Crippen molar-refractivity contribution >= 4 is 23.3 Å². The number of anilines is 2. The van der Waals surface area contributed by atoms with E-state index in [9.17, 15) is 9.59 Å². The number of benzene rings is 2. The Balaban J connectivity index is 1.60. The molecule has 2 aromatic carbocycles. The molecule has 3 rings (SSSR count). The fraction of sp³-hybridized carbons (Fsp3) is 0.143. The molecule has 0 aliphatic rings. The van der Waals surface area contributed by atoms with Gasteiger partial charge in [-0.2, -0.15) is 0 Å². The first kappa shape index (κ1) is 18.3. The number of nitrogens with zero attached hydrogens (tertiary/aromatic N) is 2. The van der Waals surface area contributed by atoms with Crippen molar-refractivity contribution in [1.29, 1.82) is 0 Å². The van der Waals surface area contributed by atoms with E-state index < -0.39 is 0 Å². The minimum atomic E-state index is -0.226. The van der Waals surface area contributed by atoms with Crippen LogP contribution in [0.2, 0.25) is 0 Å². The summed E-state index contributed by atoms with van der Waals surface area (Å²) < 4.78 is 0. The van der Waals surface area contributed by atoms with Gasteiger partial charge in [0.25, 0.3) is 5.91 Å². The van der Waals surface area contributed by atoms with Crippen molar-refractivity contribution in [1.82, 2.24) is 15.3 Å². The number of rotatable bonds is 6. The van der Waals surface area contributed by atoms with Crippen LogP contribution >= 0.6 is 0 Å². The average molecular weight is 360 g/mol. The first-order valence-corrected chi connectivity index (χ1v) is 8.56. The van der Waals surface area contributed by atoms with Crippen molar-refractivity contribution in [2.24, 2.45) is 0 Å². The third-order valence-corrected chi connectivity index (χ3v) is 4.16. The highest BCUT2D eigenvalue weighted by molar-refractivity contribution is 5.94. The summed E-state index contributed by atoms with van der Waals surface area (Å²) in [6.45, 7) is 3.98. The van der Waals surface area contributed by atoms with Gasteiger partial charge in [-0.05, 0) is 49.2 Å². The first-order chi connectivity index (χ1) is 13.0. The lowest BCUT2D eigenvalue weighted by Gasteiger charge is -2.08. The van der Waals surface area contributed by atoms with E-state index in [0.29, 0.717) is 23.6 Å². The van der Waals surface area contributed by atoms with E-state index >= 15 is 0 Å². The number of amides is 1. The van der Waals surface area contributed by atoms with Crippen LogP contribution in [0.15, 0.2) is 60.9 Å². The summed E-state index contributed by atoms with van der Waals surface area (Å²) in [5.41, 5.74) is 3.99. The summed E-state index contributed by atoms with van der Waals surface area (Å²) in [6, 6.07) is 14.9. The Morgan fingerprint density at radius 2 is 1.59 bits per heavy atom. The van der Waals surface area contributed by atoms with Gasteiger partial charge in [0, 0.05) is 30.2 Å². The van der Waals surface area contributed by atoms with Crippen LogP contribution in [0, 0.1) is 6.92 Å². The Bertz CT molecular complexity index is 951. The van der Waals surface area contributed by atoms with Gasteiger partial charge in [0.2, 0.25) is 5.95 Å². The minimum Gasteiger partial charge on any atom is -0.348 e.